The van der Waals surface area contributed by atoms with E-state index in [2.05, 4.69) is 39.5 Å². The number of aromatic nitrogens is 2. The maximum absolute atomic E-state index is 5.35. The molecule has 21 heavy (non-hydrogen) atoms. The Morgan fingerprint density at radius 3 is 2.95 bits per heavy atom. The summed E-state index contributed by atoms with van der Waals surface area (Å²) < 4.78 is 5.35. The monoisotopic (exact) mass is 286 g/mol. The van der Waals surface area contributed by atoms with Crippen molar-refractivity contribution in [2.45, 2.75) is 31.8 Å². The van der Waals surface area contributed by atoms with Crippen molar-refractivity contribution < 1.29 is 4.52 Å². The van der Waals surface area contributed by atoms with E-state index in [4.69, 9.17) is 4.52 Å². The number of hydrogen-bond acceptors (Lipinski definition) is 5. The Kier molecular flexibility index (Phi) is 4.62. The summed E-state index contributed by atoms with van der Waals surface area (Å²) >= 11 is 0. The summed E-state index contributed by atoms with van der Waals surface area (Å²) in [6, 6.07) is 10.8. The predicted octanol–water partition coefficient (Wildman–Crippen LogP) is 1.84. The lowest BCUT2D eigenvalue weighted by Gasteiger charge is -2.18. The van der Waals surface area contributed by atoms with Gasteiger partial charge in [-0.2, -0.15) is 4.98 Å². The first-order valence-corrected chi connectivity index (χ1v) is 7.57. The number of nitrogens with zero attached hydrogens (tertiary/aromatic N) is 3. The van der Waals surface area contributed by atoms with Crippen molar-refractivity contribution in [2.24, 2.45) is 0 Å². The number of nitrogens with one attached hydrogen (secondary N) is 1. The molecule has 5 nitrogen and oxygen atoms in total. The zero-order chi connectivity index (χ0) is 14.5. The van der Waals surface area contributed by atoms with Crippen molar-refractivity contribution in [1.29, 1.82) is 0 Å². The van der Waals surface area contributed by atoms with Gasteiger partial charge in [0, 0.05) is 19.0 Å². The highest BCUT2D eigenvalue weighted by molar-refractivity contribution is 5.18. The lowest BCUT2D eigenvalue weighted by atomic mass is 10.1. The summed E-state index contributed by atoms with van der Waals surface area (Å²) in [6.45, 7) is 2.87. The molecule has 1 aromatic heterocycles. The van der Waals surface area contributed by atoms with Crippen LogP contribution in [0.1, 0.15) is 30.1 Å². The first-order chi connectivity index (χ1) is 10.3. The van der Waals surface area contributed by atoms with Gasteiger partial charge in [0.05, 0.1) is 6.54 Å². The first kappa shape index (κ1) is 14.2. The molecule has 0 spiro atoms. The van der Waals surface area contributed by atoms with E-state index in [1.807, 2.05) is 18.2 Å². The standard InChI is InChI=1S/C16H22N4O/c1-20(11-14-8-5-9-17-14)12-16-18-15(19-21-16)10-13-6-3-2-4-7-13/h2-4,6-7,14,17H,5,8-12H2,1H3. The van der Waals surface area contributed by atoms with E-state index < -0.39 is 0 Å². The van der Waals surface area contributed by atoms with Crippen LogP contribution in [0.3, 0.4) is 0 Å². The third kappa shape index (κ3) is 4.12. The van der Waals surface area contributed by atoms with E-state index in [0.717, 1.165) is 25.3 Å². The average molecular weight is 286 g/mol. The quantitative estimate of drug-likeness (QED) is 0.878. The van der Waals surface area contributed by atoms with E-state index >= 15 is 0 Å². The lowest BCUT2D eigenvalue weighted by Crippen LogP contribution is -2.35. The average Bonchev–Trinajstić information content (AvgIpc) is 3.12. The summed E-state index contributed by atoms with van der Waals surface area (Å²) in [5.74, 6) is 1.45. The van der Waals surface area contributed by atoms with E-state index in [1.54, 1.807) is 0 Å². The summed E-state index contributed by atoms with van der Waals surface area (Å²) in [6.07, 6.45) is 3.26. The highest BCUT2D eigenvalue weighted by atomic mass is 16.5. The molecule has 1 unspecified atom stereocenters. The molecule has 0 radical (unpaired) electrons. The van der Waals surface area contributed by atoms with Crippen LogP contribution in [0.15, 0.2) is 34.9 Å². The second-order valence-electron chi connectivity index (χ2n) is 5.76. The van der Waals surface area contributed by atoms with Crippen LogP contribution in [0.25, 0.3) is 0 Å². The molecule has 5 heteroatoms. The van der Waals surface area contributed by atoms with Crippen LogP contribution in [0.5, 0.6) is 0 Å². The van der Waals surface area contributed by atoms with E-state index in [1.165, 1.54) is 18.4 Å². The summed E-state index contributed by atoms with van der Waals surface area (Å²) in [5, 5.41) is 7.57. The maximum Gasteiger partial charge on any atom is 0.240 e. The van der Waals surface area contributed by atoms with Gasteiger partial charge in [-0.25, -0.2) is 0 Å². The predicted molar refractivity (Wildman–Crippen MR) is 80.9 cm³/mol. The topological polar surface area (TPSA) is 54.2 Å². The number of benzene rings is 1. The second-order valence-corrected chi connectivity index (χ2v) is 5.76. The number of likely N-dealkylation sites (N-methyl/N-ethyl adjacent to an activating group) is 1. The molecule has 1 aliphatic rings. The summed E-state index contributed by atoms with van der Waals surface area (Å²) in [4.78, 5) is 6.72. The molecule has 1 fully saturated rings. The van der Waals surface area contributed by atoms with E-state index in [9.17, 15) is 0 Å². The highest BCUT2D eigenvalue weighted by Crippen LogP contribution is 2.10. The molecule has 3 rings (SSSR count). The minimum absolute atomic E-state index is 0.599. The molecule has 1 atom stereocenters. The Balaban J connectivity index is 1.52. The fraction of sp³-hybridized carbons (Fsp3) is 0.500. The molecule has 2 heterocycles. The van der Waals surface area contributed by atoms with Crippen molar-refractivity contribution in [3.63, 3.8) is 0 Å². The fourth-order valence-electron chi connectivity index (χ4n) is 2.79. The van der Waals surface area contributed by atoms with Gasteiger partial charge in [0.2, 0.25) is 5.89 Å². The van der Waals surface area contributed by atoms with Gasteiger partial charge in [-0.15, -0.1) is 0 Å². The fourth-order valence-corrected chi connectivity index (χ4v) is 2.79. The van der Waals surface area contributed by atoms with Gasteiger partial charge in [0.15, 0.2) is 5.82 Å². The Labute approximate surface area is 125 Å². The third-order valence-corrected chi connectivity index (χ3v) is 3.81. The first-order valence-electron chi connectivity index (χ1n) is 7.57. The third-order valence-electron chi connectivity index (χ3n) is 3.81. The molecule has 1 aliphatic heterocycles. The van der Waals surface area contributed by atoms with Crippen LogP contribution >= 0.6 is 0 Å². The number of rotatable bonds is 6. The molecule has 2 aromatic rings. The molecule has 0 saturated carbocycles. The van der Waals surface area contributed by atoms with Crippen molar-refractivity contribution in [2.75, 3.05) is 20.1 Å². The minimum atomic E-state index is 0.599. The normalized spacial score (nSPS) is 18.5. The summed E-state index contributed by atoms with van der Waals surface area (Å²) in [5.41, 5.74) is 1.20. The Hall–Kier alpha value is -1.72. The van der Waals surface area contributed by atoms with Crippen molar-refractivity contribution in [3.8, 4) is 0 Å². The zero-order valence-corrected chi connectivity index (χ0v) is 12.5. The molecule has 0 bridgehead atoms. The molecule has 1 saturated heterocycles. The van der Waals surface area contributed by atoms with Crippen molar-refractivity contribution in [1.82, 2.24) is 20.4 Å². The molecular weight excluding hydrogens is 264 g/mol. The van der Waals surface area contributed by atoms with Crippen LogP contribution < -0.4 is 5.32 Å². The highest BCUT2D eigenvalue weighted by Gasteiger charge is 2.17. The second kappa shape index (κ2) is 6.83. The van der Waals surface area contributed by atoms with Crippen molar-refractivity contribution >= 4 is 0 Å². The molecule has 1 aromatic carbocycles. The van der Waals surface area contributed by atoms with Crippen LogP contribution in [-0.4, -0.2) is 41.2 Å². The van der Waals surface area contributed by atoms with Gasteiger partial charge in [-0.1, -0.05) is 35.5 Å². The maximum atomic E-state index is 5.35. The van der Waals surface area contributed by atoms with Gasteiger partial charge in [0.25, 0.3) is 0 Å². The molecule has 0 amide bonds. The van der Waals surface area contributed by atoms with Gasteiger partial charge in [-0.05, 0) is 32.0 Å². The smallest absolute Gasteiger partial charge is 0.240 e. The zero-order valence-electron chi connectivity index (χ0n) is 12.5. The van der Waals surface area contributed by atoms with Crippen LogP contribution in [-0.2, 0) is 13.0 Å². The minimum Gasteiger partial charge on any atom is -0.338 e. The molecule has 1 N–H and O–H groups in total. The Morgan fingerprint density at radius 2 is 2.19 bits per heavy atom. The lowest BCUT2D eigenvalue weighted by molar-refractivity contribution is 0.248. The number of hydrogen-bond donors (Lipinski definition) is 1. The van der Waals surface area contributed by atoms with Gasteiger partial charge < -0.3 is 9.84 Å². The van der Waals surface area contributed by atoms with E-state index in [-0.39, 0.29) is 0 Å². The molecule has 112 valence electrons. The largest absolute Gasteiger partial charge is 0.338 e. The van der Waals surface area contributed by atoms with E-state index in [0.29, 0.717) is 18.5 Å². The van der Waals surface area contributed by atoms with Crippen LogP contribution in [0.4, 0.5) is 0 Å². The van der Waals surface area contributed by atoms with Crippen LogP contribution in [0.2, 0.25) is 0 Å². The SMILES string of the molecule is CN(Cc1nc(Cc2ccccc2)no1)CC1CCCN1. The molecular formula is C16H22N4O. The van der Waals surface area contributed by atoms with Crippen molar-refractivity contribution in [3.05, 3.63) is 47.6 Å². The van der Waals surface area contributed by atoms with Gasteiger partial charge in [0.1, 0.15) is 0 Å². The van der Waals surface area contributed by atoms with Gasteiger partial charge in [-0.3, -0.25) is 4.90 Å². The Morgan fingerprint density at radius 1 is 1.33 bits per heavy atom. The summed E-state index contributed by atoms with van der Waals surface area (Å²) in [7, 11) is 2.10. The Bertz CT molecular complexity index is 548. The van der Waals surface area contributed by atoms with Gasteiger partial charge >= 0.3 is 0 Å². The molecule has 0 aliphatic carbocycles. The van der Waals surface area contributed by atoms with Crippen LogP contribution in [0, 0.1) is 0 Å².